The SMILES string of the molecule is CC(=O)NCc1ccc(C(=O)Nc2ccncc2N)cc1. The molecule has 0 aliphatic carbocycles. The molecule has 0 unspecified atom stereocenters. The van der Waals surface area contributed by atoms with Crippen molar-refractivity contribution in [3.63, 3.8) is 0 Å². The third-order valence-corrected chi connectivity index (χ3v) is 2.86. The number of nitrogens with two attached hydrogens (primary N) is 1. The molecule has 2 amide bonds. The summed E-state index contributed by atoms with van der Waals surface area (Å²) < 4.78 is 0. The molecule has 1 aromatic carbocycles. The van der Waals surface area contributed by atoms with Gasteiger partial charge < -0.3 is 16.4 Å². The first-order chi connectivity index (χ1) is 10.1. The van der Waals surface area contributed by atoms with E-state index in [-0.39, 0.29) is 11.8 Å². The molecule has 0 saturated heterocycles. The second kappa shape index (κ2) is 6.51. The largest absolute Gasteiger partial charge is 0.396 e. The summed E-state index contributed by atoms with van der Waals surface area (Å²) in [6, 6.07) is 8.62. The molecular weight excluding hydrogens is 268 g/mol. The molecule has 0 aliphatic heterocycles. The number of hydrogen-bond donors (Lipinski definition) is 3. The molecule has 0 bridgehead atoms. The minimum Gasteiger partial charge on any atom is -0.396 e. The van der Waals surface area contributed by atoms with Crippen molar-refractivity contribution in [3.05, 3.63) is 53.9 Å². The number of nitrogens with zero attached hydrogens (tertiary/aromatic N) is 1. The molecule has 2 rings (SSSR count). The zero-order valence-corrected chi connectivity index (χ0v) is 11.6. The summed E-state index contributed by atoms with van der Waals surface area (Å²) in [5.41, 5.74) is 8.09. The Morgan fingerprint density at radius 3 is 2.52 bits per heavy atom. The molecule has 0 spiro atoms. The Morgan fingerprint density at radius 1 is 1.19 bits per heavy atom. The molecule has 0 fully saturated rings. The number of amides is 2. The van der Waals surface area contributed by atoms with Crippen molar-refractivity contribution in [3.8, 4) is 0 Å². The van der Waals surface area contributed by atoms with Gasteiger partial charge in [0.05, 0.1) is 17.6 Å². The van der Waals surface area contributed by atoms with Gasteiger partial charge in [-0.3, -0.25) is 14.6 Å². The Labute approximate surface area is 122 Å². The molecule has 0 atom stereocenters. The Kier molecular flexibility index (Phi) is 4.50. The van der Waals surface area contributed by atoms with Crippen molar-refractivity contribution < 1.29 is 9.59 Å². The molecule has 0 saturated carbocycles. The highest BCUT2D eigenvalue weighted by molar-refractivity contribution is 6.05. The van der Waals surface area contributed by atoms with E-state index in [0.29, 0.717) is 23.5 Å². The van der Waals surface area contributed by atoms with Crippen molar-refractivity contribution in [2.24, 2.45) is 0 Å². The van der Waals surface area contributed by atoms with E-state index in [0.717, 1.165) is 5.56 Å². The fourth-order valence-corrected chi connectivity index (χ4v) is 1.72. The lowest BCUT2D eigenvalue weighted by atomic mass is 10.1. The van der Waals surface area contributed by atoms with Gasteiger partial charge in [0.15, 0.2) is 0 Å². The van der Waals surface area contributed by atoms with Gasteiger partial charge in [0, 0.05) is 25.2 Å². The molecule has 2 aromatic rings. The second-order valence-corrected chi connectivity index (χ2v) is 4.52. The quantitative estimate of drug-likeness (QED) is 0.793. The summed E-state index contributed by atoms with van der Waals surface area (Å²) in [4.78, 5) is 26.8. The van der Waals surface area contributed by atoms with Crippen LogP contribution < -0.4 is 16.4 Å². The van der Waals surface area contributed by atoms with Gasteiger partial charge in [-0.05, 0) is 23.8 Å². The lowest BCUT2D eigenvalue weighted by Gasteiger charge is -2.08. The predicted molar refractivity (Wildman–Crippen MR) is 80.6 cm³/mol. The lowest BCUT2D eigenvalue weighted by molar-refractivity contribution is -0.119. The van der Waals surface area contributed by atoms with Crippen LogP contribution in [-0.4, -0.2) is 16.8 Å². The Balaban J connectivity index is 2.03. The smallest absolute Gasteiger partial charge is 0.255 e. The summed E-state index contributed by atoms with van der Waals surface area (Å²) in [6.45, 7) is 1.90. The number of hydrogen-bond acceptors (Lipinski definition) is 4. The van der Waals surface area contributed by atoms with Crippen LogP contribution in [0.25, 0.3) is 0 Å². The van der Waals surface area contributed by atoms with Gasteiger partial charge in [-0.25, -0.2) is 0 Å². The highest BCUT2D eigenvalue weighted by Crippen LogP contribution is 2.16. The van der Waals surface area contributed by atoms with E-state index in [1.54, 1.807) is 36.5 Å². The minimum atomic E-state index is -0.251. The third-order valence-electron chi connectivity index (χ3n) is 2.86. The normalized spacial score (nSPS) is 9.95. The highest BCUT2D eigenvalue weighted by atomic mass is 16.2. The number of nitrogen functional groups attached to an aromatic ring is 1. The Morgan fingerprint density at radius 2 is 1.90 bits per heavy atom. The van der Waals surface area contributed by atoms with Gasteiger partial charge in [-0.2, -0.15) is 0 Å². The molecule has 6 nitrogen and oxygen atoms in total. The zero-order valence-electron chi connectivity index (χ0n) is 11.6. The van der Waals surface area contributed by atoms with Gasteiger partial charge >= 0.3 is 0 Å². The van der Waals surface area contributed by atoms with E-state index in [1.165, 1.54) is 13.1 Å². The van der Waals surface area contributed by atoms with E-state index in [9.17, 15) is 9.59 Å². The topological polar surface area (TPSA) is 97.1 Å². The van der Waals surface area contributed by atoms with Gasteiger partial charge in [0.2, 0.25) is 5.91 Å². The third kappa shape index (κ3) is 4.04. The summed E-state index contributed by atoms with van der Waals surface area (Å²) in [6.07, 6.45) is 3.04. The molecule has 4 N–H and O–H groups in total. The monoisotopic (exact) mass is 284 g/mol. The summed E-state index contributed by atoms with van der Waals surface area (Å²) in [7, 11) is 0. The maximum atomic E-state index is 12.1. The fourth-order valence-electron chi connectivity index (χ4n) is 1.72. The van der Waals surface area contributed by atoms with Crippen molar-refractivity contribution in [2.45, 2.75) is 13.5 Å². The van der Waals surface area contributed by atoms with Crippen LogP contribution in [0.3, 0.4) is 0 Å². The first kappa shape index (κ1) is 14.5. The zero-order chi connectivity index (χ0) is 15.2. The van der Waals surface area contributed by atoms with E-state index in [1.807, 2.05) is 0 Å². The number of benzene rings is 1. The number of rotatable bonds is 4. The van der Waals surface area contributed by atoms with Crippen LogP contribution in [-0.2, 0) is 11.3 Å². The maximum absolute atomic E-state index is 12.1. The molecule has 108 valence electrons. The van der Waals surface area contributed by atoms with E-state index >= 15 is 0 Å². The van der Waals surface area contributed by atoms with Crippen LogP contribution in [0.2, 0.25) is 0 Å². The average molecular weight is 284 g/mol. The van der Waals surface area contributed by atoms with Crippen LogP contribution in [0.15, 0.2) is 42.7 Å². The summed E-state index contributed by atoms with van der Waals surface area (Å²) >= 11 is 0. The lowest BCUT2D eigenvalue weighted by Crippen LogP contribution is -2.19. The van der Waals surface area contributed by atoms with Crippen LogP contribution in [0.4, 0.5) is 11.4 Å². The van der Waals surface area contributed by atoms with Gasteiger partial charge in [0.25, 0.3) is 5.91 Å². The Bertz CT molecular complexity index is 653. The molecule has 0 radical (unpaired) electrons. The van der Waals surface area contributed by atoms with Gasteiger partial charge in [-0.15, -0.1) is 0 Å². The molecular formula is C15H16N4O2. The first-order valence-electron chi connectivity index (χ1n) is 6.40. The van der Waals surface area contributed by atoms with Crippen molar-refractivity contribution >= 4 is 23.2 Å². The maximum Gasteiger partial charge on any atom is 0.255 e. The number of anilines is 2. The molecule has 6 heteroatoms. The van der Waals surface area contributed by atoms with Crippen LogP contribution in [0.5, 0.6) is 0 Å². The molecule has 21 heavy (non-hydrogen) atoms. The predicted octanol–water partition coefficient (Wildman–Crippen LogP) is 1.55. The number of pyridine rings is 1. The molecule has 1 aromatic heterocycles. The molecule has 1 heterocycles. The highest BCUT2D eigenvalue weighted by Gasteiger charge is 2.08. The van der Waals surface area contributed by atoms with Gasteiger partial charge in [0.1, 0.15) is 0 Å². The summed E-state index contributed by atoms with van der Waals surface area (Å²) in [5.74, 6) is -0.344. The van der Waals surface area contributed by atoms with Crippen molar-refractivity contribution in [1.82, 2.24) is 10.3 Å². The Hall–Kier alpha value is -2.89. The van der Waals surface area contributed by atoms with E-state index in [4.69, 9.17) is 5.73 Å². The standard InChI is InChI=1S/C15H16N4O2/c1-10(20)18-8-11-2-4-12(5-3-11)15(21)19-14-6-7-17-9-13(14)16/h2-7,9H,8,16H2,1H3,(H,18,20)(H,17,19,21). The molecule has 0 aliphatic rings. The fraction of sp³-hybridized carbons (Fsp3) is 0.133. The average Bonchev–Trinajstić information content (AvgIpc) is 2.48. The first-order valence-corrected chi connectivity index (χ1v) is 6.40. The number of carbonyl (C=O) groups excluding carboxylic acids is 2. The number of nitrogens with one attached hydrogen (secondary N) is 2. The van der Waals surface area contributed by atoms with E-state index < -0.39 is 0 Å². The van der Waals surface area contributed by atoms with Crippen LogP contribution in [0.1, 0.15) is 22.8 Å². The number of carbonyl (C=O) groups is 2. The van der Waals surface area contributed by atoms with Crippen LogP contribution >= 0.6 is 0 Å². The number of aromatic nitrogens is 1. The minimum absolute atomic E-state index is 0.0926. The van der Waals surface area contributed by atoms with Crippen LogP contribution in [0, 0.1) is 0 Å². The van der Waals surface area contributed by atoms with Gasteiger partial charge in [-0.1, -0.05) is 12.1 Å². The van der Waals surface area contributed by atoms with Crippen molar-refractivity contribution in [2.75, 3.05) is 11.1 Å². The summed E-state index contributed by atoms with van der Waals surface area (Å²) in [5, 5.41) is 5.42. The van der Waals surface area contributed by atoms with Crippen molar-refractivity contribution in [1.29, 1.82) is 0 Å². The van der Waals surface area contributed by atoms with E-state index in [2.05, 4.69) is 15.6 Å². The second-order valence-electron chi connectivity index (χ2n) is 4.52.